The van der Waals surface area contributed by atoms with E-state index >= 15 is 0 Å². The quantitative estimate of drug-likeness (QED) is 0.802. The van der Waals surface area contributed by atoms with Crippen molar-refractivity contribution >= 4 is 11.9 Å². The van der Waals surface area contributed by atoms with E-state index in [1.807, 2.05) is 0 Å². The first-order valence-corrected chi connectivity index (χ1v) is 7.07. The van der Waals surface area contributed by atoms with Gasteiger partial charge < -0.3 is 10.4 Å². The molecule has 18 heavy (non-hydrogen) atoms. The van der Waals surface area contributed by atoms with Gasteiger partial charge in [0.25, 0.3) is 0 Å². The lowest BCUT2D eigenvalue weighted by atomic mass is 9.53. The van der Waals surface area contributed by atoms with Gasteiger partial charge in [-0.15, -0.1) is 0 Å². The number of nitrogens with one attached hydrogen (secondary N) is 1. The molecule has 2 N–H and O–H groups in total. The smallest absolute Gasteiger partial charge is 0.309 e. The third-order valence-electron chi connectivity index (χ3n) is 5.44. The van der Waals surface area contributed by atoms with Crippen LogP contribution in [0.3, 0.4) is 0 Å². The summed E-state index contributed by atoms with van der Waals surface area (Å²) in [6.07, 6.45) is 7.35. The molecule has 0 atom stereocenters. The topological polar surface area (TPSA) is 66.4 Å². The van der Waals surface area contributed by atoms with Crippen LogP contribution in [0.25, 0.3) is 0 Å². The lowest BCUT2D eigenvalue weighted by molar-refractivity contribution is -0.159. The van der Waals surface area contributed by atoms with E-state index in [1.54, 1.807) is 0 Å². The number of hydrogen-bond acceptors (Lipinski definition) is 2. The molecule has 0 aromatic carbocycles. The van der Waals surface area contributed by atoms with Crippen LogP contribution >= 0.6 is 0 Å². The molecule has 0 aromatic heterocycles. The van der Waals surface area contributed by atoms with E-state index in [-0.39, 0.29) is 17.2 Å². The van der Waals surface area contributed by atoms with Gasteiger partial charge in [-0.05, 0) is 56.8 Å². The molecule has 0 saturated heterocycles. The average Bonchev–Trinajstić information content (AvgIpc) is 3.22. The van der Waals surface area contributed by atoms with Crippen LogP contribution in [0.4, 0.5) is 0 Å². The Labute approximate surface area is 107 Å². The Bertz CT molecular complexity index is 362. The van der Waals surface area contributed by atoms with Gasteiger partial charge in [0.2, 0.25) is 5.91 Å². The van der Waals surface area contributed by atoms with E-state index < -0.39 is 11.4 Å². The van der Waals surface area contributed by atoms with Crippen LogP contribution in [0.2, 0.25) is 0 Å². The maximum Gasteiger partial charge on any atom is 0.309 e. The summed E-state index contributed by atoms with van der Waals surface area (Å²) in [5.41, 5.74) is -0.246. The molecule has 4 aliphatic carbocycles. The molecular weight excluding hydrogens is 230 g/mol. The lowest BCUT2D eigenvalue weighted by Crippen LogP contribution is -2.50. The lowest BCUT2D eigenvalue weighted by Gasteiger charge is -2.51. The van der Waals surface area contributed by atoms with Gasteiger partial charge in [0.05, 0.1) is 5.41 Å². The SMILES string of the molecule is O=C(NCC12CCC(C(=O)O)(CC1)CC2)C1CC1. The summed E-state index contributed by atoms with van der Waals surface area (Å²) in [5, 5.41) is 12.4. The first kappa shape index (κ1) is 12.0. The maximum absolute atomic E-state index is 11.7. The Morgan fingerprint density at radius 2 is 1.61 bits per heavy atom. The Morgan fingerprint density at radius 1 is 1.06 bits per heavy atom. The van der Waals surface area contributed by atoms with Crippen molar-refractivity contribution in [3.05, 3.63) is 0 Å². The van der Waals surface area contributed by atoms with Crippen LogP contribution in [0, 0.1) is 16.7 Å². The second kappa shape index (κ2) is 3.97. The van der Waals surface area contributed by atoms with Crippen molar-refractivity contribution in [3.8, 4) is 0 Å². The fourth-order valence-corrected chi connectivity index (χ4v) is 3.61. The molecular formula is C14H21NO3. The molecule has 0 heterocycles. The highest BCUT2D eigenvalue weighted by molar-refractivity contribution is 5.80. The van der Waals surface area contributed by atoms with E-state index in [1.165, 1.54) is 0 Å². The minimum absolute atomic E-state index is 0.196. The molecule has 0 aliphatic heterocycles. The number of rotatable bonds is 4. The molecule has 4 fully saturated rings. The minimum atomic E-state index is -0.613. The third-order valence-corrected chi connectivity index (χ3v) is 5.44. The standard InChI is InChI=1S/C14H21NO3/c16-11(10-1-2-10)15-9-13-3-6-14(7-4-13,8-5-13)12(17)18/h10H,1-9H2,(H,15,16)(H,17,18). The van der Waals surface area contributed by atoms with Crippen molar-refractivity contribution in [2.45, 2.75) is 51.4 Å². The summed E-state index contributed by atoms with van der Waals surface area (Å²) in [7, 11) is 0. The van der Waals surface area contributed by atoms with E-state index in [2.05, 4.69) is 5.32 Å². The largest absolute Gasteiger partial charge is 0.481 e. The fraction of sp³-hybridized carbons (Fsp3) is 0.857. The van der Waals surface area contributed by atoms with E-state index in [4.69, 9.17) is 0 Å². The molecule has 0 spiro atoms. The van der Waals surface area contributed by atoms with Crippen molar-refractivity contribution in [2.24, 2.45) is 16.7 Å². The highest BCUT2D eigenvalue weighted by Gasteiger charge is 2.52. The summed E-state index contributed by atoms with van der Waals surface area (Å²) >= 11 is 0. The van der Waals surface area contributed by atoms with Crippen LogP contribution in [0.15, 0.2) is 0 Å². The van der Waals surface area contributed by atoms with Crippen LogP contribution in [0.1, 0.15) is 51.4 Å². The van der Waals surface area contributed by atoms with Gasteiger partial charge in [-0.1, -0.05) is 0 Å². The van der Waals surface area contributed by atoms with Crippen molar-refractivity contribution < 1.29 is 14.7 Å². The van der Waals surface area contributed by atoms with Crippen molar-refractivity contribution in [1.82, 2.24) is 5.32 Å². The Hall–Kier alpha value is -1.06. The number of aliphatic carboxylic acids is 1. The van der Waals surface area contributed by atoms with Crippen molar-refractivity contribution in [2.75, 3.05) is 6.54 Å². The molecule has 0 radical (unpaired) electrons. The summed E-state index contributed by atoms with van der Waals surface area (Å²) in [4.78, 5) is 23.0. The molecule has 4 saturated carbocycles. The highest BCUT2D eigenvalue weighted by atomic mass is 16.4. The number of carbonyl (C=O) groups is 2. The van der Waals surface area contributed by atoms with Gasteiger partial charge in [0, 0.05) is 12.5 Å². The average molecular weight is 251 g/mol. The zero-order valence-electron chi connectivity index (χ0n) is 10.7. The molecule has 0 aromatic rings. The molecule has 1 amide bonds. The highest BCUT2D eigenvalue weighted by Crippen LogP contribution is 2.56. The molecule has 4 aliphatic rings. The third kappa shape index (κ3) is 1.91. The first-order chi connectivity index (χ1) is 8.55. The fourth-order valence-electron chi connectivity index (χ4n) is 3.61. The number of carbonyl (C=O) groups excluding carboxylic acids is 1. The predicted molar refractivity (Wildman–Crippen MR) is 65.9 cm³/mol. The molecule has 4 rings (SSSR count). The minimum Gasteiger partial charge on any atom is -0.481 e. The molecule has 2 bridgehead atoms. The van der Waals surface area contributed by atoms with Gasteiger partial charge in [-0.3, -0.25) is 9.59 Å². The van der Waals surface area contributed by atoms with E-state index in [0.717, 1.165) is 57.9 Å². The summed E-state index contributed by atoms with van der Waals surface area (Å²) in [5.74, 6) is -0.130. The summed E-state index contributed by atoms with van der Waals surface area (Å²) in [6, 6.07) is 0. The number of amides is 1. The van der Waals surface area contributed by atoms with Crippen LogP contribution in [-0.4, -0.2) is 23.5 Å². The maximum atomic E-state index is 11.7. The normalized spacial score (nSPS) is 38.4. The van der Waals surface area contributed by atoms with Gasteiger partial charge in [0.15, 0.2) is 0 Å². The number of carboxylic acid groups (broad SMARTS) is 1. The number of fused-ring (bicyclic) bond motifs is 3. The monoisotopic (exact) mass is 251 g/mol. The Balaban J connectivity index is 1.58. The van der Waals surface area contributed by atoms with Crippen LogP contribution in [-0.2, 0) is 9.59 Å². The molecule has 100 valence electrons. The van der Waals surface area contributed by atoms with Crippen molar-refractivity contribution in [1.29, 1.82) is 0 Å². The van der Waals surface area contributed by atoms with Gasteiger partial charge in [0.1, 0.15) is 0 Å². The number of carboxylic acids is 1. The van der Waals surface area contributed by atoms with Gasteiger partial charge in [-0.2, -0.15) is 0 Å². The second-order valence-electron chi connectivity index (χ2n) is 6.58. The molecule has 4 heteroatoms. The molecule has 4 nitrogen and oxygen atoms in total. The Morgan fingerprint density at radius 3 is 2.06 bits per heavy atom. The van der Waals surface area contributed by atoms with Crippen molar-refractivity contribution in [3.63, 3.8) is 0 Å². The van der Waals surface area contributed by atoms with Gasteiger partial charge >= 0.3 is 5.97 Å². The summed E-state index contributed by atoms with van der Waals surface area (Å²) < 4.78 is 0. The zero-order chi connectivity index (χ0) is 12.8. The van der Waals surface area contributed by atoms with Crippen LogP contribution in [0.5, 0.6) is 0 Å². The summed E-state index contributed by atoms with van der Waals surface area (Å²) in [6.45, 7) is 0.762. The van der Waals surface area contributed by atoms with Crippen LogP contribution < -0.4 is 5.32 Å². The predicted octanol–water partition coefficient (Wildman–Crippen LogP) is 1.94. The zero-order valence-corrected chi connectivity index (χ0v) is 10.7. The van der Waals surface area contributed by atoms with E-state index in [0.29, 0.717) is 0 Å². The second-order valence-corrected chi connectivity index (χ2v) is 6.58. The number of hydrogen-bond donors (Lipinski definition) is 2. The van der Waals surface area contributed by atoms with Gasteiger partial charge in [-0.25, -0.2) is 0 Å². The van der Waals surface area contributed by atoms with E-state index in [9.17, 15) is 14.7 Å². The first-order valence-electron chi connectivity index (χ1n) is 7.07. The Kier molecular flexibility index (Phi) is 2.65. The molecule has 0 unspecified atom stereocenters.